The van der Waals surface area contributed by atoms with Crippen LogP contribution in [0, 0.1) is 6.92 Å². The summed E-state index contributed by atoms with van der Waals surface area (Å²) in [5.74, 6) is 2.24. The lowest BCUT2D eigenvalue weighted by Crippen LogP contribution is -2.42. The lowest BCUT2D eigenvalue weighted by atomic mass is 9.96. The first-order valence-corrected chi connectivity index (χ1v) is 9.66. The first kappa shape index (κ1) is 15.4. The van der Waals surface area contributed by atoms with E-state index in [1.54, 1.807) is 0 Å². The number of anilines is 1. The van der Waals surface area contributed by atoms with Crippen molar-refractivity contribution in [2.45, 2.75) is 70.8 Å². The zero-order chi connectivity index (χ0) is 15.6. The van der Waals surface area contributed by atoms with Crippen LogP contribution in [-0.4, -0.2) is 47.1 Å². The number of aromatic nitrogens is 2. The van der Waals surface area contributed by atoms with E-state index in [-0.39, 0.29) is 0 Å². The molecule has 0 bridgehead atoms. The average molecular weight is 314 g/mol. The van der Waals surface area contributed by atoms with E-state index in [1.165, 1.54) is 94.6 Å². The molecule has 0 amide bonds. The van der Waals surface area contributed by atoms with Crippen LogP contribution < -0.4 is 4.90 Å². The third-order valence-electron chi connectivity index (χ3n) is 5.88. The van der Waals surface area contributed by atoms with Crippen molar-refractivity contribution in [3.63, 3.8) is 0 Å². The summed E-state index contributed by atoms with van der Waals surface area (Å²) < 4.78 is 0. The smallest absolute Gasteiger partial charge is 0.135 e. The molecule has 0 radical (unpaired) electrons. The topological polar surface area (TPSA) is 32.3 Å². The minimum absolute atomic E-state index is 0.731. The molecule has 2 saturated heterocycles. The standard InChI is InChI=1S/C19H30N4/c1-15-20-18-10-3-2-9-17(18)19(21-15)23-13-5-4-8-16(14-23)22-11-6-7-12-22/h16H,2-14H2,1H3. The molecular weight excluding hydrogens is 284 g/mol. The number of likely N-dealkylation sites (tertiary alicyclic amines) is 1. The molecule has 1 aromatic heterocycles. The highest BCUT2D eigenvalue weighted by atomic mass is 15.3. The summed E-state index contributed by atoms with van der Waals surface area (Å²) in [6.07, 6.45) is 11.7. The average Bonchev–Trinajstić information content (AvgIpc) is 2.99. The Kier molecular flexibility index (Phi) is 4.52. The SMILES string of the molecule is Cc1nc2c(c(N3CCCCC(N4CCCC4)C3)n1)CCCC2. The van der Waals surface area contributed by atoms with Gasteiger partial charge in [-0.3, -0.25) is 4.90 Å². The summed E-state index contributed by atoms with van der Waals surface area (Å²) in [5.41, 5.74) is 2.80. The number of aryl methyl sites for hydroxylation is 2. The van der Waals surface area contributed by atoms with Crippen LogP contribution in [0.1, 0.15) is 62.0 Å². The fourth-order valence-electron chi connectivity index (χ4n) is 4.67. The minimum atomic E-state index is 0.731. The van der Waals surface area contributed by atoms with Crippen molar-refractivity contribution >= 4 is 5.82 Å². The van der Waals surface area contributed by atoms with Crippen LogP contribution in [0.25, 0.3) is 0 Å². The number of nitrogens with zero attached hydrogens (tertiary/aromatic N) is 4. The van der Waals surface area contributed by atoms with Gasteiger partial charge in [-0.25, -0.2) is 9.97 Å². The first-order valence-electron chi connectivity index (χ1n) is 9.66. The number of hydrogen-bond acceptors (Lipinski definition) is 4. The second-order valence-corrected chi connectivity index (χ2v) is 7.57. The highest BCUT2D eigenvalue weighted by Gasteiger charge is 2.28. The summed E-state index contributed by atoms with van der Waals surface area (Å²) in [4.78, 5) is 15.0. The molecule has 3 heterocycles. The van der Waals surface area contributed by atoms with E-state index in [2.05, 4.69) is 16.7 Å². The summed E-state index contributed by atoms with van der Waals surface area (Å²) in [7, 11) is 0. The fourth-order valence-corrected chi connectivity index (χ4v) is 4.67. The van der Waals surface area contributed by atoms with Gasteiger partial charge in [0.2, 0.25) is 0 Å². The van der Waals surface area contributed by atoms with Gasteiger partial charge in [0.1, 0.15) is 11.6 Å². The molecule has 0 spiro atoms. The van der Waals surface area contributed by atoms with Gasteiger partial charge in [0, 0.05) is 30.4 Å². The van der Waals surface area contributed by atoms with Crippen molar-refractivity contribution in [2.24, 2.45) is 0 Å². The molecule has 1 aromatic rings. The van der Waals surface area contributed by atoms with E-state index < -0.39 is 0 Å². The Bertz CT molecular complexity index is 551. The van der Waals surface area contributed by atoms with Crippen molar-refractivity contribution in [3.05, 3.63) is 17.1 Å². The van der Waals surface area contributed by atoms with Crippen molar-refractivity contribution in [3.8, 4) is 0 Å². The first-order chi connectivity index (χ1) is 11.3. The van der Waals surface area contributed by atoms with Crippen LogP contribution in [0.2, 0.25) is 0 Å². The molecule has 4 nitrogen and oxygen atoms in total. The van der Waals surface area contributed by atoms with Gasteiger partial charge in [-0.15, -0.1) is 0 Å². The lowest BCUT2D eigenvalue weighted by Gasteiger charge is -2.33. The maximum Gasteiger partial charge on any atom is 0.135 e. The van der Waals surface area contributed by atoms with Gasteiger partial charge >= 0.3 is 0 Å². The molecule has 126 valence electrons. The van der Waals surface area contributed by atoms with Gasteiger partial charge in [-0.1, -0.05) is 6.42 Å². The van der Waals surface area contributed by atoms with E-state index in [9.17, 15) is 0 Å². The zero-order valence-corrected chi connectivity index (χ0v) is 14.6. The van der Waals surface area contributed by atoms with Crippen LogP contribution in [0.3, 0.4) is 0 Å². The highest BCUT2D eigenvalue weighted by Crippen LogP contribution is 2.30. The van der Waals surface area contributed by atoms with Crippen molar-refractivity contribution in [2.75, 3.05) is 31.1 Å². The Morgan fingerprint density at radius 1 is 0.870 bits per heavy atom. The molecule has 0 aromatic carbocycles. The predicted octanol–water partition coefficient (Wildman–Crippen LogP) is 3.12. The van der Waals surface area contributed by atoms with Gasteiger partial charge in [-0.05, 0) is 71.4 Å². The molecule has 23 heavy (non-hydrogen) atoms. The van der Waals surface area contributed by atoms with Crippen molar-refractivity contribution in [1.82, 2.24) is 14.9 Å². The van der Waals surface area contributed by atoms with E-state index in [0.29, 0.717) is 0 Å². The second-order valence-electron chi connectivity index (χ2n) is 7.57. The molecule has 1 unspecified atom stereocenters. The van der Waals surface area contributed by atoms with Crippen molar-refractivity contribution < 1.29 is 0 Å². The van der Waals surface area contributed by atoms with Crippen LogP contribution in [0.4, 0.5) is 5.82 Å². The fraction of sp³-hybridized carbons (Fsp3) is 0.789. The predicted molar refractivity (Wildman–Crippen MR) is 94.1 cm³/mol. The number of hydrogen-bond donors (Lipinski definition) is 0. The van der Waals surface area contributed by atoms with Crippen LogP contribution >= 0.6 is 0 Å². The molecule has 4 heteroatoms. The normalized spacial score (nSPS) is 26.1. The molecular formula is C19H30N4. The molecule has 3 aliphatic rings. The molecule has 0 saturated carbocycles. The Morgan fingerprint density at radius 3 is 2.52 bits per heavy atom. The Balaban J connectivity index is 1.61. The van der Waals surface area contributed by atoms with Gasteiger partial charge in [0.15, 0.2) is 0 Å². The lowest BCUT2D eigenvalue weighted by molar-refractivity contribution is 0.236. The molecule has 1 atom stereocenters. The summed E-state index contributed by atoms with van der Waals surface area (Å²) >= 11 is 0. The Labute approximate surface area is 140 Å². The Morgan fingerprint density at radius 2 is 1.65 bits per heavy atom. The van der Waals surface area contributed by atoms with E-state index in [0.717, 1.165) is 18.3 Å². The largest absolute Gasteiger partial charge is 0.355 e. The van der Waals surface area contributed by atoms with E-state index >= 15 is 0 Å². The van der Waals surface area contributed by atoms with Crippen LogP contribution in [0.5, 0.6) is 0 Å². The van der Waals surface area contributed by atoms with Gasteiger partial charge in [-0.2, -0.15) is 0 Å². The zero-order valence-electron chi connectivity index (χ0n) is 14.6. The van der Waals surface area contributed by atoms with E-state index in [1.807, 2.05) is 0 Å². The molecule has 0 N–H and O–H groups in total. The maximum atomic E-state index is 4.91. The summed E-state index contributed by atoms with van der Waals surface area (Å²) in [5, 5.41) is 0. The monoisotopic (exact) mass is 314 g/mol. The summed E-state index contributed by atoms with van der Waals surface area (Å²) in [6.45, 7) is 7.02. The third-order valence-corrected chi connectivity index (χ3v) is 5.88. The minimum Gasteiger partial charge on any atom is -0.355 e. The van der Waals surface area contributed by atoms with Crippen LogP contribution in [0.15, 0.2) is 0 Å². The van der Waals surface area contributed by atoms with Gasteiger partial charge in [0.05, 0.1) is 0 Å². The van der Waals surface area contributed by atoms with Gasteiger partial charge in [0.25, 0.3) is 0 Å². The second kappa shape index (κ2) is 6.76. The Hall–Kier alpha value is -1.16. The quantitative estimate of drug-likeness (QED) is 0.839. The third kappa shape index (κ3) is 3.23. The van der Waals surface area contributed by atoms with Crippen LogP contribution in [-0.2, 0) is 12.8 Å². The highest BCUT2D eigenvalue weighted by molar-refractivity contribution is 5.50. The van der Waals surface area contributed by atoms with E-state index in [4.69, 9.17) is 9.97 Å². The summed E-state index contributed by atoms with van der Waals surface area (Å²) in [6, 6.07) is 0.731. The molecule has 2 fully saturated rings. The number of rotatable bonds is 2. The molecule has 4 rings (SSSR count). The molecule has 1 aliphatic carbocycles. The maximum absolute atomic E-state index is 4.91. The van der Waals surface area contributed by atoms with Gasteiger partial charge < -0.3 is 4.90 Å². The molecule has 2 aliphatic heterocycles. The number of fused-ring (bicyclic) bond motifs is 1. The van der Waals surface area contributed by atoms with Crippen molar-refractivity contribution in [1.29, 1.82) is 0 Å².